The van der Waals surface area contributed by atoms with Gasteiger partial charge in [0.25, 0.3) is 5.56 Å². The summed E-state index contributed by atoms with van der Waals surface area (Å²) in [6, 6.07) is 11.2. The number of aromatic nitrogens is 7. The molecular formula is C20H17ClN8O. The molecule has 5 aromatic rings. The van der Waals surface area contributed by atoms with E-state index in [1.165, 1.54) is 10.8 Å². The lowest BCUT2D eigenvalue weighted by Gasteiger charge is -2.20. The van der Waals surface area contributed by atoms with Crippen LogP contribution in [0.5, 0.6) is 0 Å². The summed E-state index contributed by atoms with van der Waals surface area (Å²) in [5, 5.41) is 5.04. The minimum absolute atomic E-state index is 0.218. The minimum atomic E-state index is -0.258. The van der Waals surface area contributed by atoms with E-state index in [1.54, 1.807) is 27.7 Å². The fourth-order valence-corrected chi connectivity index (χ4v) is 3.86. The summed E-state index contributed by atoms with van der Waals surface area (Å²) in [6.45, 7) is 2.23. The fourth-order valence-electron chi connectivity index (χ4n) is 3.64. The molecule has 150 valence electrons. The van der Waals surface area contributed by atoms with Crippen molar-refractivity contribution < 1.29 is 0 Å². The van der Waals surface area contributed by atoms with Gasteiger partial charge < -0.3 is 10.3 Å². The van der Waals surface area contributed by atoms with Gasteiger partial charge in [0.1, 0.15) is 17.4 Å². The Kier molecular flexibility index (Phi) is 4.25. The van der Waals surface area contributed by atoms with Crippen LogP contribution in [-0.4, -0.2) is 33.7 Å². The lowest BCUT2D eigenvalue weighted by atomic mass is 10.1. The molecule has 4 heterocycles. The molecule has 4 aromatic heterocycles. The van der Waals surface area contributed by atoms with E-state index in [2.05, 4.69) is 20.1 Å². The Morgan fingerprint density at radius 1 is 1.13 bits per heavy atom. The SMILES string of the molecule is C[C@@H](c1ccccc1)n1c(Cn2cnc3c(N)ncnc32)nn2ccc(Cl)c2c1=O. The monoisotopic (exact) mass is 420 g/mol. The van der Waals surface area contributed by atoms with Crippen LogP contribution in [-0.2, 0) is 6.54 Å². The summed E-state index contributed by atoms with van der Waals surface area (Å²) in [7, 11) is 0. The van der Waals surface area contributed by atoms with Crippen molar-refractivity contribution in [2.75, 3.05) is 5.73 Å². The molecule has 1 atom stereocenters. The van der Waals surface area contributed by atoms with Crippen LogP contribution in [0.1, 0.15) is 24.4 Å². The molecule has 0 bridgehead atoms. The van der Waals surface area contributed by atoms with Crippen molar-refractivity contribution in [2.45, 2.75) is 19.5 Å². The predicted molar refractivity (Wildman–Crippen MR) is 114 cm³/mol. The number of benzene rings is 1. The molecule has 1 aromatic carbocycles. The van der Waals surface area contributed by atoms with Crippen molar-refractivity contribution in [2.24, 2.45) is 0 Å². The molecule has 0 saturated carbocycles. The molecule has 0 fully saturated rings. The third-order valence-corrected chi connectivity index (χ3v) is 5.46. The molecule has 0 spiro atoms. The van der Waals surface area contributed by atoms with Crippen molar-refractivity contribution in [3.8, 4) is 0 Å². The molecule has 0 aliphatic rings. The maximum atomic E-state index is 13.4. The number of nitrogens with two attached hydrogens (primary N) is 1. The Morgan fingerprint density at radius 3 is 2.73 bits per heavy atom. The molecule has 9 nitrogen and oxygen atoms in total. The van der Waals surface area contributed by atoms with Gasteiger partial charge in [0.15, 0.2) is 17.3 Å². The van der Waals surface area contributed by atoms with Gasteiger partial charge in [-0.25, -0.2) is 19.5 Å². The first-order chi connectivity index (χ1) is 14.5. The van der Waals surface area contributed by atoms with Crippen molar-refractivity contribution in [1.29, 1.82) is 0 Å². The van der Waals surface area contributed by atoms with E-state index in [9.17, 15) is 4.79 Å². The second-order valence-electron chi connectivity index (χ2n) is 6.94. The molecular weight excluding hydrogens is 404 g/mol. The van der Waals surface area contributed by atoms with Crippen molar-refractivity contribution in [3.05, 3.63) is 82.0 Å². The van der Waals surface area contributed by atoms with Crippen LogP contribution in [0.4, 0.5) is 5.82 Å². The Bertz CT molecular complexity index is 1440. The number of halogens is 1. The zero-order chi connectivity index (χ0) is 20.8. The third-order valence-electron chi connectivity index (χ3n) is 5.15. The van der Waals surface area contributed by atoms with E-state index in [0.717, 1.165) is 5.56 Å². The first kappa shape index (κ1) is 18.3. The second-order valence-corrected chi connectivity index (χ2v) is 7.35. The number of fused-ring (bicyclic) bond motifs is 2. The quantitative estimate of drug-likeness (QED) is 0.478. The number of imidazole rings is 1. The van der Waals surface area contributed by atoms with Crippen LogP contribution in [0.15, 0.2) is 60.0 Å². The molecule has 0 aliphatic heterocycles. The highest BCUT2D eigenvalue weighted by Crippen LogP contribution is 2.22. The van der Waals surface area contributed by atoms with Crippen LogP contribution in [0.2, 0.25) is 5.02 Å². The van der Waals surface area contributed by atoms with E-state index in [1.807, 2.05) is 37.3 Å². The fraction of sp³-hybridized carbons (Fsp3) is 0.150. The van der Waals surface area contributed by atoms with E-state index in [-0.39, 0.29) is 18.1 Å². The maximum Gasteiger partial charge on any atom is 0.280 e. The van der Waals surface area contributed by atoms with Gasteiger partial charge in [-0.1, -0.05) is 41.9 Å². The van der Waals surface area contributed by atoms with Crippen molar-refractivity contribution in [1.82, 2.24) is 33.7 Å². The Labute approximate surface area is 175 Å². The number of rotatable bonds is 4. The molecule has 0 aliphatic carbocycles. The first-order valence-electron chi connectivity index (χ1n) is 9.29. The Morgan fingerprint density at radius 2 is 1.93 bits per heavy atom. The van der Waals surface area contributed by atoms with E-state index < -0.39 is 0 Å². The van der Waals surface area contributed by atoms with E-state index in [0.29, 0.717) is 33.3 Å². The summed E-state index contributed by atoms with van der Waals surface area (Å²) >= 11 is 6.27. The highest BCUT2D eigenvalue weighted by molar-refractivity contribution is 6.33. The summed E-state index contributed by atoms with van der Waals surface area (Å²) < 4.78 is 4.96. The van der Waals surface area contributed by atoms with E-state index in [4.69, 9.17) is 17.3 Å². The van der Waals surface area contributed by atoms with Gasteiger partial charge in [-0.2, -0.15) is 5.10 Å². The molecule has 0 radical (unpaired) electrons. The highest BCUT2D eigenvalue weighted by Gasteiger charge is 2.20. The molecule has 2 N–H and O–H groups in total. The van der Waals surface area contributed by atoms with Crippen molar-refractivity contribution in [3.63, 3.8) is 0 Å². The van der Waals surface area contributed by atoms with Gasteiger partial charge in [0.05, 0.1) is 23.9 Å². The zero-order valence-corrected chi connectivity index (χ0v) is 16.7. The van der Waals surface area contributed by atoms with Crippen molar-refractivity contribution >= 4 is 34.1 Å². The lowest BCUT2D eigenvalue weighted by Crippen LogP contribution is -2.31. The molecule has 0 saturated heterocycles. The summed E-state index contributed by atoms with van der Waals surface area (Å²) in [5.41, 5.74) is 8.08. The molecule has 30 heavy (non-hydrogen) atoms. The summed E-state index contributed by atoms with van der Waals surface area (Å²) in [6.07, 6.45) is 4.68. The minimum Gasteiger partial charge on any atom is -0.382 e. The average Bonchev–Trinajstić information content (AvgIpc) is 3.33. The molecule has 0 unspecified atom stereocenters. The van der Waals surface area contributed by atoms with E-state index >= 15 is 0 Å². The van der Waals surface area contributed by atoms with Gasteiger partial charge >= 0.3 is 0 Å². The average molecular weight is 421 g/mol. The largest absolute Gasteiger partial charge is 0.382 e. The van der Waals surface area contributed by atoms with Gasteiger partial charge in [0, 0.05) is 6.20 Å². The van der Waals surface area contributed by atoms with Gasteiger partial charge in [-0.15, -0.1) is 0 Å². The lowest BCUT2D eigenvalue weighted by molar-refractivity contribution is 0.533. The first-order valence-corrected chi connectivity index (χ1v) is 9.67. The van der Waals surface area contributed by atoms with Crippen LogP contribution in [0.25, 0.3) is 16.7 Å². The van der Waals surface area contributed by atoms with Crippen LogP contribution in [0, 0.1) is 0 Å². The number of nitrogen functional groups attached to an aromatic ring is 1. The summed E-state index contributed by atoms with van der Waals surface area (Å²) in [5.74, 6) is 0.835. The number of anilines is 1. The summed E-state index contributed by atoms with van der Waals surface area (Å²) in [4.78, 5) is 26.0. The number of hydrogen-bond donors (Lipinski definition) is 1. The van der Waals surface area contributed by atoms with Gasteiger partial charge in [0.2, 0.25) is 0 Å². The van der Waals surface area contributed by atoms with Crippen LogP contribution in [0.3, 0.4) is 0 Å². The molecule has 0 amide bonds. The smallest absolute Gasteiger partial charge is 0.280 e. The predicted octanol–water partition coefficient (Wildman–Crippen LogP) is 2.53. The van der Waals surface area contributed by atoms with Gasteiger partial charge in [-0.3, -0.25) is 9.36 Å². The Hall–Kier alpha value is -3.72. The Balaban J connectivity index is 1.72. The highest BCUT2D eigenvalue weighted by atomic mass is 35.5. The maximum absolute atomic E-state index is 13.4. The third kappa shape index (κ3) is 2.82. The second kappa shape index (κ2) is 6.96. The number of hydrogen-bond acceptors (Lipinski definition) is 6. The van der Waals surface area contributed by atoms with Gasteiger partial charge in [-0.05, 0) is 18.6 Å². The normalized spacial score (nSPS) is 12.6. The standard InChI is InChI=1S/C20H17ClN8O/c1-12(13-5-3-2-4-6-13)29-15(26-28-8-7-14(21)17(28)20(29)30)9-27-11-25-16-18(22)23-10-24-19(16)27/h2-8,10-12H,9H2,1H3,(H2,22,23,24)/t12-/m0/s1. The molecule has 5 rings (SSSR count). The molecule has 10 heteroatoms. The topological polar surface area (TPSA) is 109 Å². The van der Waals surface area contributed by atoms with Crippen LogP contribution >= 0.6 is 11.6 Å². The zero-order valence-electron chi connectivity index (χ0n) is 16.0. The van der Waals surface area contributed by atoms with Crippen LogP contribution < -0.4 is 11.3 Å². The number of nitrogens with zero attached hydrogens (tertiary/aromatic N) is 7.